The zero-order valence-electron chi connectivity index (χ0n) is 5.66. The summed E-state index contributed by atoms with van der Waals surface area (Å²) in [6.45, 7) is 1.83. The molecule has 0 aliphatic heterocycles. The summed E-state index contributed by atoms with van der Waals surface area (Å²) >= 11 is 0. The fourth-order valence-corrected chi connectivity index (χ4v) is 1.12. The molecule has 0 aromatic rings. The molecule has 0 amide bonds. The Labute approximate surface area is 55.6 Å². The van der Waals surface area contributed by atoms with Crippen molar-refractivity contribution in [1.82, 2.24) is 0 Å². The standard InChI is InChI=1S/C5H12O3S/c1-3-4-5(6)9(2,7)8/h5-6H,3-4H2,1-2H3. The highest BCUT2D eigenvalue weighted by Gasteiger charge is 2.14. The molecule has 0 spiro atoms. The second-order valence-electron chi connectivity index (χ2n) is 2.07. The van der Waals surface area contributed by atoms with E-state index in [1.807, 2.05) is 6.92 Å². The monoisotopic (exact) mass is 152 g/mol. The average molecular weight is 152 g/mol. The Morgan fingerprint density at radius 1 is 1.56 bits per heavy atom. The summed E-state index contributed by atoms with van der Waals surface area (Å²) in [7, 11) is -3.21. The van der Waals surface area contributed by atoms with Crippen molar-refractivity contribution < 1.29 is 13.5 Å². The third kappa shape index (κ3) is 3.48. The molecule has 0 saturated carbocycles. The minimum absolute atomic E-state index is 0.332. The summed E-state index contributed by atoms with van der Waals surface area (Å²) in [5, 5.41) is 8.80. The number of hydrogen-bond acceptors (Lipinski definition) is 3. The van der Waals surface area contributed by atoms with Crippen LogP contribution in [0.5, 0.6) is 0 Å². The zero-order chi connectivity index (χ0) is 7.49. The summed E-state index contributed by atoms with van der Waals surface area (Å²) in [6, 6.07) is 0. The molecule has 0 rings (SSSR count). The number of hydrogen-bond donors (Lipinski definition) is 1. The van der Waals surface area contributed by atoms with Gasteiger partial charge in [0.1, 0.15) is 0 Å². The highest BCUT2D eigenvalue weighted by atomic mass is 32.2. The predicted molar refractivity (Wildman–Crippen MR) is 35.8 cm³/mol. The van der Waals surface area contributed by atoms with E-state index in [0.29, 0.717) is 12.8 Å². The number of aliphatic hydroxyl groups is 1. The quantitative estimate of drug-likeness (QED) is 0.626. The summed E-state index contributed by atoms with van der Waals surface area (Å²) in [5.74, 6) is 0. The first-order valence-corrected chi connectivity index (χ1v) is 4.81. The van der Waals surface area contributed by atoms with Gasteiger partial charge >= 0.3 is 0 Å². The molecule has 0 aromatic heterocycles. The molecule has 0 aliphatic carbocycles. The molecule has 0 aromatic carbocycles. The number of aliphatic hydroxyl groups excluding tert-OH is 1. The molecule has 1 unspecified atom stereocenters. The molecule has 0 bridgehead atoms. The first-order valence-electron chi connectivity index (χ1n) is 2.85. The first-order chi connectivity index (χ1) is 3.98. The van der Waals surface area contributed by atoms with Crippen LogP contribution in [-0.4, -0.2) is 25.2 Å². The Balaban J connectivity index is 3.90. The molecule has 0 aliphatic rings. The van der Waals surface area contributed by atoms with Crippen LogP contribution in [0.3, 0.4) is 0 Å². The third-order valence-electron chi connectivity index (χ3n) is 1.03. The molecule has 1 N–H and O–H groups in total. The van der Waals surface area contributed by atoms with Crippen LogP contribution in [0.15, 0.2) is 0 Å². The van der Waals surface area contributed by atoms with Gasteiger partial charge in [-0.2, -0.15) is 0 Å². The van der Waals surface area contributed by atoms with E-state index in [1.54, 1.807) is 0 Å². The summed E-state index contributed by atoms with van der Waals surface area (Å²) in [4.78, 5) is 0. The van der Waals surface area contributed by atoms with E-state index < -0.39 is 15.3 Å². The van der Waals surface area contributed by atoms with Crippen molar-refractivity contribution in [2.45, 2.75) is 25.2 Å². The Hall–Kier alpha value is -0.0900. The van der Waals surface area contributed by atoms with Crippen LogP contribution in [-0.2, 0) is 9.84 Å². The second-order valence-corrected chi connectivity index (χ2v) is 4.28. The smallest absolute Gasteiger partial charge is 0.173 e. The average Bonchev–Trinajstić information content (AvgIpc) is 1.64. The van der Waals surface area contributed by atoms with Gasteiger partial charge in [-0.3, -0.25) is 0 Å². The van der Waals surface area contributed by atoms with E-state index in [2.05, 4.69) is 0 Å². The van der Waals surface area contributed by atoms with E-state index in [9.17, 15) is 8.42 Å². The van der Waals surface area contributed by atoms with Gasteiger partial charge in [0.05, 0.1) is 0 Å². The molecule has 1 atom stereocenters. The number of sulfone groups is 1. The van der Waals surface area contributed by atoms with E-state index >= 15 is 0 Å². The van der Waals surface area contributed by atoms with Crippen LogP contribution >= 0.6 is 0 Å². The topological polar surface area (TPSA) is 54.4 Å². The third-order valence-corrected chi connectivity index (χ3v) is 2.25. The Bertz CT molecular complexity index is 159. The van der Waals surface area contributed by atoms with Crippen molar-refractivity contribution in [1.29, 1.82) is 0 Å². The molecule has 0 saturated heterocycles. The molecule has 4 heteroatoms. The van der Waals surface area contributed by atoms with Gasteiger partial charge in [0.15, 0.2) is 15.3 Å². The minimum Gasteiger partial charge on any atom is -0.377 e. The van der Waals surface area contributed by atoms with Gasteiger partial charge in [0.2, 0.25) is 0 Å². The van der Waals surface area contributed by atoms with Gasteiger partial charge in [-0.1, -0.05) is 13.3 Å². The lowest BCUT2D eigenvalue weighted by molar-refractivity contribution is 0.238. The second kappa shape index (κ2) is 3.17. The fourth-order valence-electron chi connectivity index (χ4n) is 0.461. The predicted octanol–water partition coefficient (Wildman–Crippen LogP) is 0.150. The van der Waals surface area contributed by atoms with E-state index in [-0.39, 0.29) is 0 Å². The van der Waals surface area contributed by atoms with Crippen LogP contribution in [0, 0.1) is 0 Å². The fraction of sp³-hybridized carbons (Fsp3) is 1.00. The lowest BCUT2D eigenvalue weighted by Crippen LogP contribution is -2.18. The van der Waals surface area contributed by atoms with Gasteiger partial charge in [-0.05, 0) is 6.42 Å². The van der Waals surface area contributed by atoms with Crippen LogP contribution in [0.25, 0.3) is 0 Å². The van der Waals surface area contributed by atoms with Gasteiger partial charge in [0.25, 0.3) is 0 Å². The van der Waals surface area contributed by atoms with Crippen LogP contribution in [0.1, 0.15) is 19.8 Å². The lowest BCUT2D eigenvalue weighted by atomic mass is 10.4. The summed E-state index contributed by atoms with van der Waals surface area (Å²) in [6.07, 6.45) is 2.06. The molecule has 0 fully saturated rings. The largest absolute Gasteiger partial charge is 0.377 e. The van der Waals surface area contributed by atoms with Crippen molar-refractivity contribution in [2.75, 3.05) is 6.26 Å². The van der Waals surface area contributed by atoms with E-state index in [4.69, 9.17) is 5.11 Å². The van der Waals surface area contributed by atoms with E-state index in [0.717, 1.165) is 6.26 Å². The highest BCUT2D eigenvalue weighted by Crippen LogP contribution is 2.01. The van der Waals surface area contributed by atoms with Gasteiger partial charge in [-0.15, -0.1) is 0 Å². The molecule has 9 heavy (non-hydrogen) atoms. The van der Waals surface area contributed by atoms with Crippen molar-refractivity contribution in [3.8, 4) is 0 Å². The minimum atomic E-state index is -3.21. The van der Waals surface area contributed by atoms with Crippen LogP contribution in [0.4, 0.5) is 0 Å². The van der Waals surface area contributed by atoms with E-state index in [1.165, 1.54) is 0 Å². The van der Waals surface area contributed by atoms with Crippen LogP contribution in [0.2, 0.25) is 0 Å². The maximum Gasteiger partial charge on any atom is 0.173 e. The van der Waals surface area contributed by atoms with Crippen LogP contribution < -0.4 is 0 Å². The molecule has 0 radical (unpaired) electrons. The summed E-state index contributed by atoms with van der Waals surface area (Å²) < 4.78 is 20.9. The number of rotatable bonds is 3. The lowest BCUT2D eigenvalue weighted by Gasteiger charge is -2.04. The first kappa shape index (κ1) is 8.91. The van der Waals surface area contributed by atoms with Gasteiger partial charge in [0, 0.05) is 6.26 Å². The maximum atomic E-state index is 10.5. The molecular weight excluding hydrogens is 140 g/mol. The Kier molecular flexibility index (Phi) is 3.14. The van der Waals surface area contributed by atoms with Crippen molar-refractivity contribution >= 4 is 9.84 Å². The van der Waals surface area contributed by atoms with Crippen molar-refractivity contribution in [3.63, 3.8) is 0 Å². The van der Waals surface area contributed by atoms with Gasteiger partial charge < -0.3 is 5.11 Å². The molecule has 56 valence electrons. The van der Waals surface area contributed by atoms with Crippen molar-refractivity contribution in [2.24, 2.45) is 0 Å². The SMILES string of the molecule is CCCC(O)S(C)(=O)=O. The Morgan fingerprint density at radius 2 is 2.00 bits per heavy atom. The summed E-state index contributed by atoms with van der Waals surface area (Å²) in [5.41, 5.74) is -1.16. The zero-order valence-corrected chi connectivity index (χ0v) is 6.48. The maximum absolute atomic E-state index is 10.5. The van der Waals surface area contributed by atoms with Crippen molar-refractivity contribution in [3.05, 3.63) is 0 Å². The van der Waals surface area contributed by atoms with Gasteiger partial charge in [-0.25, -0.2) is 8.42 Å². The molecule has 0 heterocycles. The molecular formula is C5H12O3S. The molecule has 3 nitrogen and oxygen atoms in total. The Morgan fingerprint density at radius 3 is 2.11 bits per heavy atom. The normalized spacial score (nSPS) is 15.4. The highest BCUT2D eigenvalue weighted by molar-refractivity contribution is 7.91.